The van der Waals surface area contributed by atoms with Crippen LogP contribution in [0, 0.1) is 11.3 Å². The van der Waals surface area contributed by atoms with Crippen LogP contribution in [0.25, 0.3) is 0 Å². The number of benzene rings is 2. The largest absolute Gasteiger partial charge is 0.311 e. The molecular formula is C17H16N2OS. The summed E-state index contributed by atoms with van der Waals surface area (Å²) in [7, 11) is 0. The van der Waals surface area contributed by atoms with Gasteiger partial charge in [0.25, 0.3) is 0 Å². The lowest BCUT2D eigenvalue weighted by Crippen LogP contribution is -2.33. The number of hydrogen-bond acceptors (Lipinski definition) is 3. The maximum absolute atomic E-state index is 12.5. The lowest BCUT2D eigenvalue weighted by molar-refractivity contribution is -0.118. The Kier molecular flexibility index (Phi) is 5.42. The van der Waals surface area contributed by atoms with E-state index in [4.69, 9.17) is 5.26 Å². The fourth-order valence-corrected chi connectivity index (χ4v) is 2.20. The molecule has 3 nitrogen and oxygen atoms in total. The minimum atomic E-state index is -0.0108. The Morgan fingerprint density at radius 2 is 1.76 bits per heavy atom. The van der Waals surface area contributed by atoms with Gasteiger partial charge in [0.2, 0.25) is 5.91 Å². The van der Waals surface area contributed by atoms with Gasteiger partial charge in [-0.3, -0.25) is 4.79 Å². The van der Waals surface area contributed by atoms with Gasteiger partial charge in [-0.15, -0.1) is 12.6 Å². The Labute approximate surface area is 130 Å². The number of anilines is 1. The highest BCUT2D eigenvalue weighted by atomic mass is 32.1. The van der Waals surface area contributed by atoms with Crippen molar-refractivity contribution < 1.29 is 4.79 Å². The maximum atomic E-state index is 12.5. The highest BCUT2D eigenvalue weighted by Crippen LogP contribution is 2.16. The van der Waals surface area contributed by atoms with Crippen molar-refractivity contribution in [3.05, 3.63) is 60.2 Å². The van der Waals surface area contributed by atoms with Crippen molar-refractivity contribution in [1.29, 1.82) is 5.26 Å². The van der Waals surface area contributed by atoms with Crippen LogP contribution in [0.15, 0.2) is 59.5 Å². The molecule has 0 aromatic heterocycles. The normalized spacial score (nSPS) is 9.90. The van der Waals surface area contributed by atoms with Crippen LogP contribution in [0.1, 0.15) is 12.0 Å². The topological polar surface area (TPSA) is 44.1 Å². The quantitative estimate of drug-likeness (QED) is 0.859. The van der Waals surface area contributed by atoms with Crippen molar-refractivity contribution in [2.45, 2.75) is 17.7 Å². The number of hydrogen-bond donors (Lipinski definition) is 1. The third-order valence-corrected chi connectivity index (χ3v) is 3.41. The van der Waals surface area contributed by atoms with Crippen LogP contribution >= 0.6 is 12.6 Å². The van der Waals surface area contributed by atoms with Crippen LogP contribution in [0.5, 0.6) is 0 Å². The highest BCUT2D eigenvalue weighted by Gasteiger charge is 2.15. The van der Waals surface area contributed by atoms with Gasteiger partial charge in [0.1, 0.15) is 0 Å². The second kappa shape index (κ2) is 7.51. The van der Waals surface area contributed by atoms with Gasteiger partial charge >= 0.3 is 0 Å². The molecule has 0 saturated carbocycles. The molecule has 0 aliphatic rings. The van der Waals surface area contributed by atoms with Crippen LogP contribution in [0.2, 0.25) is 0 Å². The summed E-state index contributed by atoms with van der Waals surface area (Å²) in [5.74, 6) is -0.0108. The highest BCUT2D eigenvalue weighted by molar-refractivity contribution is 7.80. The molecule has 0 atom stereocenters. The van der Waals surface area contributed by atoms with Crippen LogP contribution in [0.3, 0.4) is 0 Å². The minimum absolute atomic E-state index is 0.0108. The first-order valence-electron chi connectivity index (χ1n) is 6.71. The van der Waals surface area contributed by atoms with Crippen molar-refractivity contribution in [3.63, 3.8) is 0 Å². The van der Waals surface area contributed by atoms with Crippen LogP contribution in [-0.4, -0.2) is 12.5 Å². The molecule has 0 unspecified atom stereocenters. The van der Waals surface area contributed by atoms with Gasteiger partial charge in [-0.2, -0.15) is 5.26 Å². The van der Waals surface area contributed by atoms with Crippen LogP contribution in [0.4, 0.5) is 5.69 Å². The molecule has 2 aromatic rings. The molecule has 2 rings (SSSR count). The molecule has 0 N–H and O–H groups in total. The average molecular weight is 296 g/mol. The molecule has 2 aromatic carbocycles. The first kappa shape index (κ1) is 15.1. The molecular weight excluding hydrogens is 280 g/mol. The van der Waals surface area contributed by atoms with Crippen LogP contribution in [-0.2, 0) is 11.2 Å². The Morgan fingerprint density at radius 3 is 2.38 bits per heavy atom. The summed E-state index contributed by atoms with van der Waals surface area (Å²) in [5.41, 5.74) is 1.76. The first-order chi connectivity index (χ1) is 10.2. The van der Waals surface area contributed by atoms with Gasteiger partial charge in [-0.05, 0) is 29.8 Å². The molecule has 0 heterocycles. The zero-order valence-electron chi connectivity index (χ0n) is 11.6. The van der Waals surface area contributed by atoms with Gasteiger partial charge in [-0.1, -0.05) is 30.3 Å². The molecule has 0 bridgehead atoms. The molecule has 0 radical (unpaired) electrons. The summed E-state index contributed by atoms with van der Waals surface area (Å²) in [5, 5.41) is 8.77. The molecule has 0 saturated heterocycles. The van der Waals surface area contributed by atoms with Gasteiger partial charge in [-0.25, -0.2) is 0 Å². The zero-order chi connectivity index (χ0) is 15.1. The molecule has 1 amide bonds. The molecule has 0 aliphatic heterocycles. The monoisotopic (exact) mass is 296 g/mol. The summed E-state index contributed by atoms with van der Waals surface area (Å²) in [6.07, 6.45) is 0.630. The molecule has 0 spiro atoms. The number of amides is 1. The van der Waals surface area contributed by atoms with E-state index >= 15 is 0 Å². The van der Waals surface area contributed by atoms with Gasteiger partial charge in [0.05, 0.1) is 18.9 Å². The number of para-hydroxylation sites is 1. The number of carbonyl (C=O) groups is 1. The van der Waals surface area contributed by atoms with Crippen molar-refractivity contribution in [3.8, 4) is 6.07 Å². The van der Waals surface area contributed by atoms with Gasteiger partial charge in [0, 0.05) is 17.1 Å². The van der Waals surface area contributed by atoms with E-state index in [1.54, 1.807) is 4.90 Å². The molecule has 21 heavy (non-hydrogen) atoms. The Bertz CT molecular complexity index is 632. The summed E-state index contributed by atoms with van der Waals surface area (Å²) in [4.78, 5) is 15.0. The Hall–Kier alpha value is -2.25. The number of carbonyl (C=O) groups excluding carboxylic acids is 1. The van der Waals surface area contributed by atoms with E-state index < -0.39 is 0 Å². The minimum Gasteiger partial charge on any atom is -0.311 e. The number of rotatable bonds is 5. The molecule has 0 fully saturated rings. The molecule has 4 heteroatoms. The van der Waals surface area contributed by atoms with E-state index in [0.29, 0.717) is 19.4 Å². The predicted molar refractivity (Wildman–Crippen MR) is 86.4 cm³/mol. The van der Waals surface area contributed by atoms with E-state index in [1.807, 2.05) is 54.6 Å². The smallest absolute Gasteiger partial charge is 0.231 e. The second-order valence-electron chi connectivity index (χ2n) is 4.63. The summed E-state index contributed by atoms with van der Waals surface area (Å²) in [6, 6.07) is 19.1. The van der Waals surface area contributed by atoms with E-state index in [9.17, 15) is 4.79 Å². The third-order valence-electron chi connectivity index (χ3n) is 3.11. The summed E-state index contributed by atoms with van der Waals surface area (Å²) < 4.78 is 0. The maximum Gasteiger partial charge on any atom is 0.231 e. The fourth-order valence-electron chi connectivity index (χ4n) is 2.05. The van der Waals surface area contributed by atoms with Crippen molar-refractivity contribution in [2.75, 3.05) is 11.4 Å². The van der Waals surface area contributed by atoms with Crippen LogP contribution < -0.4 is 4.90 Å². The summed E-state index contributed by atoms with van der Waals surface area (Å²) in [6.45, 7) is 0.407. The predicted octanol–water partition coefficient (Wildman–Crippen LogP) is 3.46. The number of nitriles is 1. The fraction of sp³-hybridized carbons (Fsp3) is 0.176. The van der Waals surface area contributed by atoms with E-state index in [-0.39, 0.29) is 5.91 Å². The van der Waals surface area contributed by atoms with Crippen molar-refractivity contribution >= 4 is 24.2 Å². The number of thiol groups is 1. The number of nitrogens with zero attached hydrogens (tertiary/aromatic N) is 2. The van der Waals surface area contributed by atoms with Crippen molar-refractivity contribution in [1.82, 2.24) is 0 Å². The first-order valence-corrected chi connectivity index (χ1v) is 7.15. The lowest BCUT2D eigenvalue weighted by Gasteiger charge is -2.22. The SMILES string of the molecule is N#CCCN(C(=O)Cc1ccc(S)cc1)c1ccccc1. The van der Waals surface area contributed by atoms with Gasteiger partial charge < -0.3 is 4.90 Å². The zero-order valence-corrected chi connectivity index (χ0v) is 12.5. The standard InChI is InChI=1S/C17H16N2OS/c18-11-4-12-19(15-5-2-1-3-6-15)17(20)13-14-7-9-16(21)10-8-14/h1-3,5-10,21H,4,12-13H2. The van der Waals surface area contributed by atoms with Crippen molar-refractivity contribution in [2.24, 2.45) is 0 Å². The lowest BCUT2D eigenvalue weighted by atomic mass is 10.1. The van der Waals surface area contributed by atoms with Gasteiger partial charge in [0.15, 0.2) is 0 Å². The molecule has 0 aliphatic carbocycles. The second-order valence-corrected chi connectivity index (χ2v) is 5.15. The Morgan fingerprint density at radius 1 is 1.10 bits per heavy atom. The van der Waals surface area contributed by atoms with E-state index in [1.165, 1.54) is 0 Å². The average Bonchev–Trinajstić information content (AvgIpc) is 2.51. The molecule has 106 valence electrons. The Balaban J connectivity index is 2.14. The van der Waals surface area contributed by atoms with E-state index in [2.05, 4.69) is 18.7 Å². The third kappa shape index (κ3) is 4.37. The van der Waals surface area contributed by atoms with E-state index in [0.717, 1.165) is 16.1 Å². The summed E-state index contributed by atoms with van der Waals surface area (Å²) >= 11 is 4.23.